The molecule has 110 valence electrons. The van der Waals surface area contributed by atoms with Crippen LogP contribution in [0.25, 0.3) is 0 Å². The molecule has 0 aliphatic heterocycles. The first-order valence-electron chi connectivity index (χ1n) is 6.47. The third-order valence-corrected chi connectivity index (χ3v) is 3.50. The molecule has 1 heterocycles. The number of ether oxygens (including phenoxy) is 1. The molecule has 1 aromatic heterocycles. The zero-order valence-electron chi connectivity index (χ0n) is 12.1. The van der Waals surface area contributed by atoms with E-state index in [0.29, 0.717) is 17.1 Å². The van der Waals surface area contributed by atoms with Crippen LogP contribution in [-0.4, -0.2) is 44.8 Å². The molecular formula is C13H19N3O4. The summed E-state index contributed by atoms with van der Waals surface area (Å²) in [5, 5.41) is 13.8. The number of carbonyl (C=O) groups is 2. The maximum absolute atomic E-state index is 11.9. The lowest BCUT2D eigenvalue weighted by atomic mass is 10.1. The van der Waals surface area contributed by atoms with Crippen molar-refractivity contribution in [3.8, 4) is 5.88 Å². The summed E-state index contributed by atoms with van der Waals surface area (Å²) in [4.78, 5) is 25.0. The van der Waals surface area contributed by atoms with E-state index < -0.39 is 12.0 Å². The molecule has 1 unspecified atom stereocenters. The molecule has 1 amide bonds. The van der Waals surface area contributed by atoms with Crippen molar-refractivity contribution in [2.45, 2.75) is 38.8 Å². The minimum absolute atomic E-state index is 0.00193. The van der Waals surface area contributed by atoms with Crippen LogP contribution in [0.2, 0.25) is 0 Å². The lowest BCUT2D eigenvalue weighted by Gasteiger charge is -2.28. The Balaban J connectivity index is 2.53. The van der Waals surface area contributed by atoms with Crippen LogP contribution >= 0.6 is 0 Å². The van der Waals surface area contributed by atoms with E-state index in [1.165, 1.54) is 23.6 Å². The van der Waals surface area contributed by atoms with E-state index in [2.05, 4.69) is 5.10 Å². The molecule has 1 saturated carbocycles. The molecule has 7 heteroatoms. The number of carbonyl (C=O) groups excluding carboxylic acids is 1. The highest BCUT2D eigenvalue weighted by molar-refractivity contribution is 5.84. The van der Waals surface area contributed by atoms with Gasteiger partial charge in [-0.25, -0.2) is 9.48 Å². The van der Waals surface area contributed by atoms with Crippen molar-refractivity contribution in [3.05, 3.63) is 11.3 Å². The molecule has 0 saturated heterocycles. The summed E-state index contributed by atoms with van der Waals surface area (Å²) < 4.78 is 6.75. The molecule has 1 N–H and O–H groups in total. The molecule has 2 rings (SSSR count). The van der Waals surface area contributed by atoms with E-state index >= 15 is 0 Å². The molecule has 1 fully saturated rings. The summed E-state index contributed by atoms with van der Waals surface area (Å²) >= 11 is 0. The Hall–Kier alpha value is -2.05. The van der Waals surface area contributed by atoms with Crippen LogP contribution in [0.4, 0.5) is 0 Å². The average molecular weight is 281 g/mol. The van der Waals surface area contributed by atoms with E-state index in [1.807, 2.05) is 0 Å². The van der Waals surface area contributed by atoms with Crippen molar-refractivity contribution in [1.82, 2.24) is 14.7 Å². The third-order valence-electron chi connectivity index (χ3n) is 3.50. The Bertz CT molecular complexity index is 548. The monoisotopic (exact) mass is 281 g/mol. The number of nitrogens with zero attached hydrogens (tertiary/aromatic N) is 3. The van der Waals surface area contributed by atoms with E-state index in [1.54, 1.807) is 14.0 Å². The van der Waals surface area contributed by atoms with Crippen molar-refractivity contribution < 1.29 is 19.4 Å². The molecule has 20 heavy (non-hydrogen) atoms. The number of aliphatic carboxylic acids is 1. The summed E-state index contributed by atoms with van der Waals surface area (Å²) in [6, 6.07) is -1.05. The van der Waals surface area contributed by atoms with Crippen molar-refractivity contribution in [2.24, 2.45) is 7.05 Å². The summed E-state index contributed by atoms with van der Waals surface area (Å²) in [6.45, 7) is 3.12. The van der Waals surface area contributed by atoms with Gasteiger partial charge in [0.15, 0.2) is 6.04 Å². The fourth-order valence-corrected chi connectivity index (χ4v) is 2.59. The average Bonchev–Trinajstić information content (AvgIpc) is 3.12. The first kappa shape index (κ1) is 14.4. The number of carboxylic acids is 1. The topological polar surface area (TPSA) is 84.7 Å². The lowest BCUT2D eigenvalue weighted by molar-refractivity contribution is -0.150. The third kappa shape index (κ3) is 2.35. The van der Waals surface area contributed by atoms with Crippen molar-refractivity contribution >= 4 is 11.9 Å². The van der Waals surface area contributed by atoms with Crippen molar-refractivity contribution in [3.63, 3.8) is 0 Å². The van der Waals surface area contributed by atoms with Gasteiger partial charge in [-0.2, -0.15) is 5.10 Å². The van der Waals surface area contributed by atoms with Gasteiger partial charge in [-0.3, -0.25) is 4.79 Å². The van der Waals surface area contributed by atoms with Gasteiger partial charge in [-0.05, 0) is 19.8 Å². The first-order valence-corrected chi connectivity index (χ1v) is 6.47. The zero-order chi connectivity index (χ0) is 15.0. The van der Waals surface area contributed by atoms with E-state index in [9.17, 15) is 14.7 Å². The van der Waals surface area contributed by atoms with Crippen LogP contribution < -0.4 is 4.74 Å². The summed E-state index contributed by atoms with van der Waals surface area (Å²) in [7, 11) is 3.15. The minimum atomic E-state index is -1.07. The van der Waals surface area contributed by atoms with Gasteiger partial charge in [0.2, 0.25) is 11.8 Å². The van der Waals surface area contributed by atoms with E-state index in [4.69, 9.17) is 4.74 Å². The Morgan fingerprint density at radius 2 is 2.10 bits per heavy atom. The Labute approximate surface area is 117 Å². The fourth-order valence-electron chi connectivity index (χ4n) is 2.59. The second-order valence-electron chi connectivity index (χ2n) is 5.03. The minimum Gasteiger partial charge on any atom is -0.481 e. The van der Waals surface area contributed by atoms with Crippen LogP contribution in [0.3, 0.4) is 0 Å². The molecule has 1 aliphatic carbocycles. The standard InChI is InChI=1S/C13H19N3O4/c1-7-10(12(20-4)15(3)14-7)11(13(18)19)16(8(2)17)9-5-6-9/h9,11H,5-6H2,1-4H3,(H,18,19). The van der Waals surface area contributed by atoms with Gasteiger partial charge in [-0.1, -0.05) is 0 Å². The van der Waals surface area contributed by atoms with Gasteiger partial charge >= 0.3 is 5.97 Å². The second kappa shape index (κ2) is 5.15. The van der Waals surface area contributed by atoms with Gasteiger partial charge in [0.05, 0.1) is 18.4 Å². The molecule has 0 spiro atoms. The largest absolute Gasteiger partial charge is 0.481 e. The molecule has 0 bridgehead atoms. The maximum Gasteiger partial charge on any atom is 0.331 e. The molecule has 7 nitrogen and oxygen atoms in total. The number of aromatic nitrogens is 2. The number of aryl methyl sites for hydroxylation is 2. The van der Waals surface area contributed by atoms with Gasteiger partial charge in [-0.15, -0.1) is 0 Å². The van der Waals surface area contributed by atoms with Crippen molar-refractivity contribution in [2.75, 3.05) is 7.11 Å². The quantitative estimate of drug-likeness (QED) is 0.865. The maximum atomic E-state index is 11.9. The van der Waals surface area contributed by atoms with Crippen LogP contribution in [0.5, 0.6) is 5.88 Å². The molecule has 1 aromatic rings. The number of methoxy groups -OCH3 is 1. The van der Waals surface area contributed by atoms with E-state index in [-0.39, 0.29) is 11.9 Å². The van der Waals surface area contributed by atoms with Crippen LogP contribution in [-0.2, 0) is 16.6 Å². The zero-order valence-corrected chi connectivity index (χ0v) is 12.1. The highest BCUT2D eigenvalue weighted by Crippen LogP contribution is 2.39. The lowest BCUT2D eigenvalue weighted by Crippen LogP contribution is -2.39. The number of hydrogen-bond acceptors (Lipinski definition) is 4. The first-order chi connectivity index (χ1) is 9.38. The SMILES string of the molecule is COc1c(C(C(=O)O)N(C(C)=O)C2CC2)c(C)nn1C. The number of carboxylic acid groups (broad SMARTS) is 1. The Kier molecular flexibility index (Phi) is 3.69. The van der Waals surface area contributed by atoms with Gasteiger partial charge < -0.3 is 14.7 Å². The van der Waals surface area contributed by atoms with Gasteiger partial charge in [0.25, 0.3) is 0 Å². The van der Waals surface area contributed by atoms with Gasteiger partial charge in [0, 0.05) is 20.0 Å². The predicted molar refractivity (Wildman–Crippen MR) is 70.4 cm³/mol. The Morgan fingerprint density at radius 3 is 2.50 bits per heavy atom. The summed E-state index contributed by atoms with van der Waals surface area (Å²) in [5.74, 6) is -0.937. The Morgan fingerprint density at radius 1 is 1.50 bits per heavy atom. The number of rotatable bonds is 5. The fraction of sp³-hybridized carbons (Fsp3) is 0.615. The van der Waals surface area contributed by atoms with Crippen molar-refractivity contribution in [1.29, 1.82) is 0 Å². The predicted octanol–water partition coefficient (Wildman–Crippen LogP) is 0.874. The van der Waals surface area contributed by atoms with Gasteiger partial charge in [0.1, 0.15) is 0 Å². The van der Waals surface area contributed by atoms with Crippen LogP contribution in [0.1, 0.15) is 37.1 Å². The van der Waals surface area contributed by atoms with Crippen LogP contribution in [0, 0.1) is 6.92 Å². The summed E-state index contributed by atoms with van der Waals surface area (Å²) in [6.07, 6.45) is 1.68. The number of amides is 1. The molecule has 0 aromatic carbocycles. The molecule has 1 aliphatic rings. The highest BCUT2D eigenvalue weighted by atomic mass is 16.5. The number of hydrogen-bond donors (Lipinski definition) is 1. The van der Waals surface area contributed by atoms with Crippen LogP contribution in [0.15, 0.2) is 0 Å². The second-order valence-corrected chi connectivity index (χ2v) is 5.03. The highest BCUT2D eigenvalue weighted by Gasteiger charge is 2.43. The molecule has 0 radical (unpaired) electrons. The smallest absolute Gasteiger partial charge is 0.331 e. The normalized spacial score (nSPS) is 15.8. The summed E-state index contributed by atoms with van der Waals surface area (Å²) in [5.41, 5.74) is 1.01. The molecular weight excluding hydrogens is 262 g/mol. The van der Waals surface area contributed by atoms with E-state index in [0.717, 1.165) is 12.8 Å². The molecule has 1 atom stereocenters.